The van der Waals surface area contributed by atoms with Crippen LogP contribution in [0.15, 0.2) is 0 Å². The van der Waals surface area contributed by atoms with E-state index in [-0.39, 0.29) is 18.2 Å². The Morgan fingerprint density at radius 2 is 2.27 bits per heavy atom. The molecule has 2 heterocycles. The van der Waals surface area contributed by atoms with Gasteiger partial charge >= 0.3 is 0 Å². The fraction of sp³-hybridized carbons (Fsp3) is 0.875. The quantitative estimate of drug-likeness (QED) is 0.424. The first-order valence-corrected chi connectivity index (χ1v) is 5.12. The highest BCUT2D eigenvalue weighted by molar-refractivity contribution is 7.80. The van der Waals surface area contributed by atoms with E-state index in [1.807, 2.05) is 0 Å². The van der Waals surface area contributed by atoms with Gasteiger partial charge in [-0.2, -0.15) is 0 Å². The van der Waals surface area contributed by atoms with Crippen molar-refractivity contribution in [3.05, 3.63) is 0 Å². The van der Waals surface area contributed by atoms with Crippen LogP contribution in [-0.2, 0) is 9.47 Å². The number of ether oxygens (including phenoxy) is 2. The summed E-state index contributed by atoms with van der Waals surface area (Å²) in [5.41, 5.74) is 0. The highest BCUT2D eigenvalue weighted by atomic mass is 32.1. The summed E-state index contributed by atoms with van der Waals surface area (Å²) in [5.74, 6) is 0. The second-order valence-corrected chi connectivity index (χ2v) is 4.04. The second kappa shape index (κ2) is 4.18. The Hall–Kier alpha value is -0.470. The van der Waals surface area contributed by atoms with Crippen LogP contribution in [0.4, 0.5) is 0 Å². The maximum Gasteiger partial charge on any atom is 0.259 e. The van der Waals surface area contributed by atoms with E-state index in [1.54, 1.807) is 0 Å². The Kier molecular flexibility index (Phi) is 3.08. The number of aliphatic hydroxyl groups is 3. The largest absolute Gasteiger partial charge is 0.460 e. The lowest BCUT2D eigenvalue weighted by Crippen LogP contribution is -2.34. The molecule has 0 spiro atoms. The van der Waals surface area contributed by atoms with Gasteiger partial charge in [0.2, 0.25) is 0 Å². The Bertz CT molecular complexity index is 263. The Morgan fingerprint density at radius 3 is 2.87 bits per heavy atom. The molecule has 2 rings (SSSR count). The summed E-state index contributed by atoms with van der Waals surface area (Å²) < 4.78 is 10.5. The molecular weight excluding hydrogens is 222 g/mol. The van der Waals surface area contributed by atoms with Crippen molar-refractivity contribution in [2.75, 3.05) is 6.61 Å². The van der Waals surface area contributed by atoms with Gasteiger partial charge in [-0.25, -0.2) is 0 Å². The smallest absolute Gasteiger partial charge is 0.259 e. The summed E-state index contributed by atoms with van der Waals surface area (Å²) in [6, 6.07) is 0. The lowest BCUT2D eigenvalue weighted by atomic mass is 10.1. The molecule has 6 nitrogen and oxygen atoms in total. The van der Waals surface area contributed by atoms with Crippen LogP contribution in [0.2, 0.25) is 0 Å². The molecule has 0 radical (unpaired) electrons. The molecule has 0 unspecified atom stereocenters. The van der Waals surface area contributed by atoms with Gasteiger partial charge < -0.3 is 30.1 Å². The van der Waals surface area contributed by atoms with Crippen molar-refractivity contribution >= 4 is 17.4 Å². The summed E-state index contributed by atoms with van der Waals surface area (Å²) in [7, 11) is 0. The third-order valence-corrected chi connectivity index (χ3v) is 2.77. The van der Waals surface area contributed by atoms with E-state index in [1.165, 1.54) is 0 Å². The maximum atomic E-state index is 9.78. The topological polar surface area (TPSA) is 91.2 Å². The van der Waals surface area contributed by atoms with Gasteiger partial charge in [0, 0.05) is 6.42 Å². The average molecular weight is 235 g/mol. The van der Waals surface area contributed by atoms with E-state index in [0.717, 1.165) is 0 Å². The fourth-order valence-electron chi connectivity index (χ4n) is 1.80. The number of nitrogens with one attached hydrogen (secondary N) is 1. The molecular formula is C8H13NO5S. The molecule has 0 bridgehead atoms. The minimum atomic E-state index is -0.893. The minimum Gasteiger partial charge on any atom is -0.460 e. The molecule has 5 atom stereocenters. The van der Waals surface area contributed by atoms with Crippen LogP contribution in [0, 0.1) is 0 Å². The third kappa shape index (κ3) is 2.06. The van der Waals surface area contributed by atoms with E-state index in [2.05, 4.69) is 5.32 Å². The highest BCUT2D eigenvalue weighted by Gasteiger charge is 2.50. The zero-order chi connectivity index (χ0) is 11.0. The molecule has 7 heteroatoms. The van der Waals surface area contributed by atoms with Gasteiger partial charge in [-0.3, -0.25) is 0 Å². The first-order chi connectivity index (χ1) is 7.11. The van der Waals surface area contributed by atoms with Gasteiger partial charge in [0.1, 0.15) is 6.10 Å². The normalized spacial score (nSPS) is 40.9. The third-order valence-electron chi connectivity index (χ3n) is 2.56. The van der Waals surface area contributed by atoms with E-state index < -0.39 is 30.6 Å². The molecule has 0 aliphatic carbocycles. The van der Waals surface area contributed by atoms with E-state index in [9.17, 15) is 10.2 Å². The maximum absolute atomic E-state index is 9.78. The van der Waals surface area contributed by atoms with Crippen molar-refractivity contribution in [2.24, 2.45) is 0 Å². The zero-order valence-corrected chi connectivity index (χ0v) is 8.68. The lowest BCUT2D eigenvalue weighted by molar-refractivity contribution is -0.0335. The van der Waals surface area contributed by atoms with Gasteiger partial charge in [0.25, 0.3) is 5.17 Å². The molecule has 15 heavy (non-hydrogen) atoms. The van der Waals surface area contributed by atoms with Crippen LogP contribution >= 0.6 is 12.2 Å². The first kappa shape index (κ1) is 11.0. The molecule has 4 N–H and O–H groups in total. The molecule has 0 aromatic carbocycles. The Morgan fingerprint density at radius 1 is 1.53 bits per heavy atom. The van der Waals surface area contributed by atoms with Crippen LogP contribution in [0.25, 0.3) is 0 Å². The second-order valence-electron chi connectivity index (χ2n) is 3.67. The van der Waals surface area contributed by atoms with Gasteiger partial charge in [-0.15, -0.1) is 0 Å². The molecule has 0 aromatic heterocycles. The van der Waals surface area contributed by atoms with Crippen LogP contribution in [0.3, 0.4) is 0 Å². The molecule has 0 saturated carbocycles. The molecule has 2 aliphatic heterocycles. The van der Waals surface area contributed by atoms with Crippen LogP contribution in [0.5, 0.6) is 0 Å². The SMILES string of the molecule is OC[C@@H](O)C[C@H]1O[C@H]2NC(=S)O[C@@H]2[C@H]1O. The number of aliphatic hydroxyl groups excluding tert-OH is 3. The summed E-state index contributed by atoms with van der Waals surface area (Å²) in [4.78, 5) is 0. The number of rotatable bonds is 3. The van der Waals surface area contributed by atoms with Gasteiger partial charge in [0.15, 0.2) is 12.3 Å². The van der Waals surface area contributed by atoms with E-state index in [4.69, 9.17) is 26.8 Å². The summed E-state index contributed by atoms with van der Waals surface area (Å²) in [6.07, 6.45) is -3.09. The molecule has 0 amide bonds. The van der Waals surface area contributed by atoms with Crippen LogP contribution in [-0.4, -0.2) is 57.7 Å². The van der Waals surface area contributed by atoms with E-state index in [0.29, 0.717) is 0 Å². The van der Waals surface area contributed by atoms with Gasteiger partial charge in [-0.05, 0) is 12.2 Å². The van der Waals surface area contributed by atoms with Crippen molar-refractivity contribution in [3.63, 3.8) is 0 Å². The summed E-state index contributed by atoms with van der Waals surface area (Å²) in [6.45, 7) is -0.353. The van der Waals surface area contributed by atoms with Crippen molar-refractivity contribution < 1.29 is 24.8 Å². The van der Waals surface area contributed by atoms with Crippen LogP contribution < -0.4 is 5.32 Å². The molecule has 2 fully saturated rings. The zero-order valence-electron chi connectivity index (χ0n) is 7.87. The van der Waals surface area contributed by atoms with Crippen molar-refractivity contribution in [3.8, 4) is 0 Å². The fourth-order valence-corrected chi connectivity index (χ4v) is 2.02. The average Bonchev–Trinajstić information content (AvgIpc) is 2.67. The molecule has 86 valence electrons. The highest BCUT2D eigenvalue weighted by Crippen LogP contribution is 2.28. The monoisotopic (exact) mass is 235 g/mol. The van der Waals surface area contributed by atoms with Gasteiger partial charge in [0.05, 0.1) is 18.8 Å². The molecule has 2 saturated heterocycles. The van der Waals surface area contributed by atoms with Crippen LogP contribution in [0.1, 0.15) is 6.42 Å². The summed E-state index contributed by atoms with van der Waals surface area (Å²) in [5, 5.41) is 30.6. The van der Waals surface area contributed by atoms with Crippen molar-refractivity contribution in [1.29, 1.82) is 0 Å². The number of hydrogen-bond acceptors (Lipinski definition) is 6. The minimum absolute atomic E-state index is 0.169. The lowest BCUT2D eigenvalue weighted by Gasteiger charge is -2.18. The predicted octanol–water partition coefficient (Wildman–Crippen LogP) is -1.91. The predicted molar refractivity (Wildman–Crippen MR) is 53.0 cm³/mol. The standard InChI is InChI=1S/C8H13NO5S/c10-2-3(11)1-4-5(12)6-7(13-4)9-8(15)14-6/h3-7,10-12H,1-2H2,(H,9,15)/t3-,4+,5-,6+,7+/m0/s1. The van der Waals surface area contributed by atoms with E-state index >= 15 is 0 Å². The number of fused-ring (bicyclic) bond motifs is 1. The van der Waals surface area contributed by atoms with Gasteiger partial charge in [-0.1, -0.05) is 0 Å². The van der Waals surface area contributed by atoms with Crippen molar-refractivity contribution in [2.45, 2.75) is 37.1 Å². The van der Waals surface area contributed by atoms with Crippen molar-refractivity contribution in [1.82, 2.24) is 5.32 Å². The Balaban J connectivity index is 1.94. The first-order valence-electron chi connectivity index (χ1n) is 4.71. The number of thiocarbonyl (C=S) groups is 1. The molecule has 0 aromatic rings. The molecule has 2 aliphatic rings. The number of hydrogen-bond donors (Lipinski definition) is 4. The Labute approximate surface area is 91.8 Å². The summed E-state index contributed by atoms with van der Waals surface area (Å²) >= 11 is 4.76.